The van der Waals surface area contributed by atoms with Crippen molar-refractivity contribution in [1.29, 1.82) is 0 Å². The molecule has 0 radical (unpaired) electrons. The summed E-state index contributed by atoms with van der Waals surface area (Å²) in [6.07, 6.45) is 2.29. The summed E-state index contributed by atoms with van der Waals surface area (Å²) in [5.41, 5.74) is 1.77. The zero-order valence-electron chi connectivity index (χ0n) is 8.14. The maximum Gasteiger partial charge on any atom is 0.115 e. The summed E-state index contributed by atoms with van der Waals surface area (Å²) in [5.74, 6) is 1.07. The molecule has 0 amide bonds. The van der Waals surface area contributed by atoms with E-state index in [4.69, 9.17) is 10.2 Å². The molecule has 3 N–H and O–H groups in total. The Morgan fingerprint density at radius 1 is 1.20 bits per heavy atom. The van der Waals surface area contributed by atoms with Crippen LogP contribution in [0.5, 0.6) is 5.75 Å². The van der Waals surface area contributed by atoms with Gasteiger partial charge in [-0.1, -0.05) is 12.1 Å². The molecule has 0 unspecified atom stereocenters. The van der Waals surface area contributed by atoms with Crippen molar-refractivity contribution in [3.63, 3.8) is 0 Å². The Bertz CT molecular complexity index is 434. The number of hydrogen-bond acceptors (Lipinski definition) is 3. The summed E-state index contributed by atoms with van der Waals surface area (Å²) in [6, 6.07) is 6.98. The Balaban J connectivity index is 2.11. The highest BCUT2D eigenvalue weighted by atomic mass is 16.3. The van der Waals surface area contributed by atoms with Crippen molar-refractivity contribution >= 4 is 0 Å². The second-order valence-electron chi connectivity index (χ2n) is 3.36. The molecular formula is C11H12N2O2. The van der Waals surface area contributed by atoms with Crippen molar-refractivity contribution in [2.75, 3.05) is 0 Å². The van der Waals surface area contributed by atoms with Gasteiger partial charge < -0.3 is 15.2 Å². The van der Waals surface area contributed by atoms with Crippen LogP contribution in [-0.4, -0.2) is 20.2 Å². The Morgan fingerprint density at radius 3 is 2.53 bits per heavy atom. The molecule has 0 saturated carbocycles. The number of nitrogens with zero attached hydrogens (tertiary/aromatic N) is 1. The third kappa shape index (κ3) is 2.35. The van der Waals surface area contributed by atoms with Gasteiger partial charge in [0.05, 0.1) is 18.5 Å². The second kappa shape index (κ2) is 4.14. The predicted octanol–water partition coefficient (Wildman–Crippen LogP) is 1.20. The largest absolute Gasteiger partial charge is 0.508 e. The Kier molecular flexibility index (Phi) is 2.69. The minimum absolute atomic E-state index is 0.0252. The van der Waals surface area contributed by atoms with Gasteiger partial charge >= 0.3 is 0 Å². The summed E-state index contributed by atoms with van der Waals surface area (Å²) in [4.78, 5) is 7.13. The molecule has 4 nitrogen and oxygen atoms in total. The van der Waals surface area contributed by atoms with E-state index in [2.05, 4.69) is 9.97 Å². The summed E-state index contributed by atoms with van der Waals surface area (Å²) >= 11 is 0. The number of rotatable bonds is 3. The Morgan fingerprint density at radius 2 is 1.93 bits per heavy atom. The van der Waals surface area contributed by atoms with E-state index in [9.17, 15) is 0 Å². The van der Waals surface area contributed by atoms with Crippen molar-refractivity contribution in [2.45, 2.75) is 13.0 Å². The van der Waals surface area contributed by atoms with Crippen molar-refractivity contribution in [3.05, 3.63) is 47.5 Å². The lowest BCUT2D eigenvalue weighted by molar-refractivity contribution is 0.277. The highest BCUT2D eigenvalue weighted by molar-refractivity contribution is 5.27. The summed E-state index contributed by atoms with van der Waals surface area (Å²) in [7, 11) is 0. The van der Waals surface area contributed by atoms with E-state index in [0.717, 1.165) is 11.4 Å². The first-order valence-electron chi connectivity index (χ1n) is 4.69. The standard InChI is InChI=1S/C11H12N2O2/c14-7-9-6-12-11(13-9)5-8-1-3-10(15)4-2-8/h1-4,6,14-15H,5,7H2,(H,12,13). The number of nitrogens with one attached hydrogen (secondary N) is 1. The maximum atomic E-state index is 9.11. The molecule has 0 bridgehead atoms. The third-order valence-corrected chi connectivity index (χ3v) is 2.16. The van der Waals surface area contributed by atoms with E-state index in [-0.39, 0.29) is 12.4 Å². The number of hydrogen-bond donors (Lipinski definition) is 3. The van der Waals surface area contributed by atoms with Gasteiger partial charge in [0.15, 0.2) is 0 Å². The molecule has 0 fully saturated rings. The fourth-order valence-corrected chi connectivity index (χ4v) is 1.38. The minimum atomic E-state index is -0.0252. The van der Waals surface area contributed by atoms with Crippen LogP contribution in [0, 0.1) is 0 Å². The Labute approximate surface area is 87.2 Å². The molecule has 78 valence electrons. The molecule has 0 saturated heterocycles. The smallest absolute Gasteiger partial charge is 0.115 e. The number of aliphatic hydroxyl groups is 1. The van der Waals surface area contributed by atoms with Crippen molar-refractivity contribution in [3.8, 4) is 5.75 Å². The SMILES string of the molecule is OCc1cnc(Cc2ccc(O)cc2)[nH]1. The lowest BCUT2D eigenvalue weighted by Crippen LogP contribution is -1.91. The lowest BCUT2D eigenvalue weighted by Gasteiger charge is -1.98. The van der Waals surface area contributed by atoms with Gasteiger partial charge in [0, 0.05) is 6.42 Å². The molecule has 1 aromatic carbocycles. The topological polar surface area (TPSA) is 69.1 Å². The highest BCUT2D eigenvalue weighted by Gasteiger charge is 2.01. The van der Waals surface area contributed by atoms with Gasteiger partial charge in [-0.2, -0.15) is 0 Å². The van der Waals surface area contributed by atoms with Crippen LogP contribution in [0.2, 0.25) is 0 Å². The van der Waals surface area contributed by atoms with Gasteiger partial charge in [-0.25, -0.2) is 4.98 Å². The van der Waals surface area contributed by atoms with Crippen LogP contribution in [0.15, 0.2) is 30.5 Å². The number of phenolic OH excluding ortho intramolecular Hbond substituents is 1. The van der Waals surface area contributed by atoms with E-state index in [1.165, 1.54) is 0 Å². The van der Waals surface area contributed by atoms with Gasteiger partial charge in [-0.3, -0.25) is 0 Å². The van der Waals surface area contributed by atoms with Gasteiger partial charge in [0.25, 0.3) is 0 Å². The average molecular weight is 204 g/mol. The molecular weight excluding hydrogens is 192 g/mol. The van der Waals surface area contributed by atoms with Crippen LogP contribution in [0.25, 0.3) is 0 Å². The molecule has 2 rings (SSSR count). The normalized spacial score (nSPS) is 10.5. The van der Waals surface area contributed by atoms with Gasteiger partial charge in [0.2, 0.25) is 0 Å². The molecule has 0 aliphatic carbocycles. The van der Waals surface area contributed by atoms with Crippen molar-refractivity contribution in [1.82, 2.24) is 9.97 Å². The van der Waals surface area contributed by atoms with E-state index < -0.39 is 0 Å². The van der Waals surface area contributed by atoms with Gasteiger partial charge in [-0.05, 0) is 17.7 Å². The molecule has 4 heteroatoms. The molecule has 2 aromatic rings. The van der Waals surface area contributed by atoms with Crippen molar-refractivity contribution < 1.29 is 10.2 Å². The first-order valence-corrected chi connectivity index (χ1v) is 4.69. The number of aromatic hydroxyl groups is 1. The molecule has 0 aliphatic rings. The molecule has 1 aromatic heterocycles. The highest BCUT2D eigenvalue weighted by Crippen LogP contribution is 2.12. The third-order valence-electron chi connectivity index (χ3n) is 2.16. The zero-order chi connectivity index (χ0) is 10.7. The number of phenols is 1. The number of aliphatic hydroxyl groups excluding tert-OH is 1. The van der Waals surface area contributed by atoms with Gasteiger partial charge in [0.1, 0.15) is 11.6 Å². The van der Waals surface area contributed by atoms with Gasteiger partial charge in [-0.15, -0.1) is 0 Å². The van der Waals surface area contributed by atoms with Crippen LogP contribution >= 0.6 is 0 Å². The fourth-order valence-electron chi connectivity index (χ4n) is 1.38. The Hall–Kier alpha value is -1.81. The molecule has 0 aliphatic heterocycles. The number of benzene rings is 1. The van der Waals surface area contributed by atoms with Crippen molar-refractivity contribution in [2.24, 2.45) is 0 Å². The summed E-state index contributed by atoms with van der Waals surface area (Å²) in [5, 5.41) is 18.0. The monoisotopic (exact) mass is 204 g/mol. The van der Waals surface area contributed by atoms with E-state index in [0.29, 0.717) is 12.1 Å². The molecule has 0 atom stereocenters. The first-order chi connectivity index (χ1) is 7.28. The number of aromatic nitrogens is 2. The summed E-state index contributed by atoms with van der Waals surface area (Å²) < 4.78 is 0. The lowest BCUT2D eigenvalue weighted by atomic mass is 10.1. The first kappa shape index (κ1) is 9.73. The predicted molar refractivity (Wildman–Crippen MR) is 55.4 cm³/mol. The van der Waals surface area contributed by atoms with Crippen LogP contribution in [-0.2, 0) is 13.0 Å². The maximum absolute atomic E-state index is 9.11. The quantitative estimate of drug-likeness (QED) is 0.703. The molecule has 0 spiro atoms. The average Bonchev–Trinajstić information content (AvgIpc) is 2.69. The zero-order valence-corrected chi connectivity index (χ0v) is 8.14. The summed E-state index contributed by atoms with van der Waals surface area (Å²) in [6.45, 7) is -0.0252. The van der Waals surface area contributed by atoms with Crippen LogP contribution in [0.1, 0.15) is 17.1 Å². The molecule has 1 heterocycles. The van der Waals surface area contributed by atoms with E-state index in [1.54, 1.807) is 18.3 Å². The number of H-pyrrole nitrogens is 1. The van der Waals surface area contributed by atoms with Crippen LogP contribution in [0.4, 0.5) is 0 Å². The van der Waals surface area contributed by atoms with E-state index >= 15 is 0 Å². The van der Waals surface area contributed by atoms with E-state index in [1.807, 2.05) is 12.1 Å². The number of imidazole rings is 1. The fraction of sp³-hybridized carbons (Fsp3) is 0.182. The van der Waals surface area contributed by atoms with Crippen LogP contribution in [0.3, 0.4) is 0 Å². The van der Waals surface area contributed by atoms with Crippen LogP contribution < -0.4 is 0 Å². The molecule has 15 heavy (non-hydrogen) atoms. The minimum Gasteiger partial charge on any atom is -0.508 e. The second-order valence-corrected chi connectivity index (χ2v) is 3.36. The number of aromatic amines is 1.